The fourth-order valence-corrected chi connectivity index (χ4v) is 5.63. The number of fused-ring (bicyclic) bond motifs is 5. The van der Waals surface area contributed by atoms with Gasteiger partial charge in [0.25, 0.3) is 5.79 Å². The van der Waals surface area contributed by atoms with Gasteiger partial charge in [0.1, 0.15) is 16.9 Å². The van der Waals surface area contributed by atoms with E-state index in [1.807, 2.05) is 36.4 Å². The Labute approximate surface area is 191 Å². The van der Waals surface area contributed by atoms with Crippen molar-refractivity contribution < 1.29 is 9.47 Å². The lowest BCUT2D eigenvalue weighted by molar-refractivity contribution is -0.119. The molecule has 0 spiro atoms. The van der Waals surface area contributed by atoms with Crippen LogP contribution in [0.25, 0.3) is 0 Å². The van der Waals surface area contributed by atoms with Crippen LogP contribution in [-0.2, 0) is 11.2 Å². The van der Waals surface area contributed by atoms with Gasteiger partial charge in [-0.3, -0.25) is 0 Å². The second-order valence-corrected chi connectivity index (χ2v) is 9.42. The van der Waals surface area contributed by atoms with Crippen LogP contribution in [-0.4, -0.2) is 0 Å². The van der Waals surface area contributed by atoms with Gasteiger partial charge in [0.2, 0.25) is 0 Å². The van der Waals surface area contributed by atoms with Gasteiger partial charge in [0.05, 0.1) is 0 Å². The monoisotopic (exact) mass is 518 g/mol. The summed E-state index contributed by atoms with van der Waals surface area (Å²) in [5, 5.41) is 0. The average molecular weight is 520 g/mol. The minimum atomic E-state index is -1.04. The molecular weight excluding hydrogens is 504 g/mol. The Morgan fingerprint density at radius 2 is 1.00 bits per heavy atom. The Bertz CT molecular complexity index is 1210. The van der Waals surface area contributed by atoms with E-state index in [1.165, 1.54) is 0 Å². The predicted octanol–water partition coefficient (Wildman–Crippen LogP) is 7.18. The molecule has 2 heterocycles. The summed E-state index contributed by atoms with van der Waals surface area (Å²) < 4.78 is 15.5. The molecule has 0 saturated carbocycles. The smallest absolute Gasteiger partial charge is 0.296 e. The van der Waals surface area contributed by atoms with Gasteiger partial charge in [-0.2, -0.15) is 0 Å². The number of halogens is 2. The van der Waals surface area contributed by atoms with Crippen molar-refractivity contribution in [1.82, 2.24) is 0 Å². The summed E-state index contributed by atoms with van der Waals surface area (Å²) in [5.41, 5.74) is 3.68. The third-order valence-corrected chi connectivity index (χ3v) is 7.04. The number of hydrogen-bond acceptors (Lipinski definition) is 2. The molecule has 0 atom stereocenters. The standard InChI is InChI=1S/C26H16Br2O2/c27-19-11-13-21-23(15-19)29-26(18-9-5-2-6-10-18)25(21,17-7-3-1-4-8-17)22-14-12-20(28)16-24(22)30-26/h1-16H. The maximum absolute atomic E-state index is 6.80. The molecule has 30 heavy (non-hydrogen) atoms. The van der Waals surface area contributed by atoms with E-state index in [9.17, 15) is 0 Å². The minimum Gasteiger partial charge on any atom is -0.446 e. The van der Waals surface area contributed by atoms with Crippen LogP contribution in [0.4, 0.5) is 0 Å². The number of ether oxygens (including phenoxy) is 2. The normalized spacial score (nSPS) is 23.1. The first-order valence-corrected chi connectivity index (χ1v) is 11.3. The molecule has 0 aromatic heterocycles. The Kier molecular flexibility index (Phi) is 3.93. The van der Waals surface area contributed by atoms with Crippen LogP contribution in [0.5, 0.6) is 11.5 Å². The molecule has 2 aliphatic rings. The van der Waals surface area contributed by atoms with E-state index in [0.717, 1.165) is 42.7 Å². The van der Waals surface area contributed by atoms with Crippen LogP contribution >= 0.6 is 31.9 Å². The van der Waals surface area contributed by atoms with Crippen molar-refractivity contribution in [2.45, 2.75) is 11.2 Å². The number of hydrogen-bond donors (Lipinski definition) is 0. The van der Waals surface area contributed by atoms with Crippen LogP contribution in [0.15, 0.2) is 106 Å². The van der Waals surface area contributed by atoms with Gasteiger partial charge in [0.15, 0.2) is 0 Å². The van der Waals surface area contributed by atoms with E-state index >= 15 is 0 Å². The Morgan fingerprint density at radius 1 is 0.533 bits per heavy atom. The van der Waals surface area contributed by atoms with Crippen molar-refractivity contribution in [3.8, 4) is 11.5 Å². The quantitative estimate of drug-likeness (QED) is 0.279. The van der Waals surface area contributed by atoms with E-state index < -0.39 is 11.2 Å². The lowest BCUT2D eigenvalue weighted by atomic mass is 9.64. The minimum absolute atomic E-state index is 0.637. The van der Waals surface area contributed by atoms with E-state index in [4.69, 9.17) is 9.47 Å². The highest BCUT2D eigenvalue weighted by atomic mass is 79.9. The lowest BCUT2D eigenvalue weighted by Crippen LogP contribution is -2.50. The first kappa shape index (κ1) is 18.2. The van der Waals surface area contributed by atoms with Crippen molar-refractivity contribution in [3.05, 3.63) is 128 Å². The van der Waals surface area contributed by atoms with Gasteiger partial charge in [0, 0.05) is 25.6 Å². The third-order valence-electron chi connectivity index (χ3n) is 6.06. The number of benzene rings is 4. The molecule has 146 valence electrons. The molecule has 0 N–H and O–H groups in total. The van der Waals surface area contributed by atoms with E-state index in [2.05, 4.69) is 92.5 Å². The summed E-state index contributed by atoms with van der Waals surface area (Å²) in [6.07, 6.45) is 0. The first-order chi connectivity index (χ1) is 14.6. The van der Waals surface area contributed by atoms with Crippen LogP contribution in [0, 0.1) is 0 Å². The molecule has 4 aromatic carbocycles. The summed E-state index contributed by atoms with van der Waals surface area (Å²) in [6, 6.07) is 33.3. The SMILES string of the molecule is Brc1ccc2c(c1)OC1(c3ccccc3)Oc3cc(Br)ccc3C21c1ccccc1. The summed E-state index contributed by atoms with van der Waals surface area (Å²) in [5.74, 6) is 0.610. The zero-order valence-corrected chi connectivity index (χ0v) is 19.0. The van der Waals surface area contributed by atoms with Gasteiger partial charge in [-0.15, -0.1) is 0 Å². The van der Waals surface area contributed by atoms with Crippen LogP contribution in [0.3, 0.4) is 0 Å². The fraction of sp³-hybridized carbons (Fsp3) is 0.0769. The van der Waals surface area contributed by atoms with Crippen LogP contribution in [0.1, 0.15) is 22.3 Å². The highest BCUT2D eigenvalue weighted by molar-refractivity contribution is 9.10. The lowest BCUT2D eigenvalue weighted by Gasteiger charge is -2.38. The number of rotatable bonds is 2. The highest BCUT2D eigenvalue weighted by Gasteiger charge is 2.70. The molecule has 2 nitrogen and oxygen atoms in total. The van der Waals surface area contributed by atoms with Crippen molar-refractivity contribution in [3.63, 3.8) is 0 Å². The second-order valence-electron chi connectivity index (χ2n) is 7.58. The summed E-state index contributed by atoms with van der Waals surface area (Å²) in [6.45, 7) is 0. The molecule has 0 amide bonds. The summed E-state index contributed by atoms with van der Waals surface area (Å²) >= 11 is 7.21. The summed E-state index contributed by atoms with van der Waals surface area (Å²) in [4.78, 5) is 0. The Hall–Kier alpha value is -2.56. The zero-order chi connectivity index (χ0) is 20.3. The molecule has 0 fully saturated rings. The molecule has 0 aliphatic carbocycles. The zero-order valence-electron chi connectivity index (χ0n) is 15.8. The van der Waals surface area contributed by atoms with Crippen molar-refractivity contribution in [2.75, 3.05) is 0 Å². The molecule has 4 aromatic rings. The van der Waals surface area contributed by atoms with Crippen molar-refractivity contribution in [2.24, 2.45) is 0 Å². The van der Waals surface area contributed by atoms with Gasteiger partial charge >= 0.3 is 0 Å². The maximum atomic E-state index is 6.80. The Balaban J connectivity index is 1.79. The molecule has 0 unspecified atom stereocenters. The van der Waals surface area contributed by atoms with Gasteiger partial charge in [-0.05, 0) is 29.8 Å². The largest absolute Gasteiger partial charge is 0.446 e. The van der Waals surface area contributed by atoms with Crippen LogP contribution < -0.4 is 9.47 Å². The van der Waals surface area contributed by atoms with E-state index in [1.54, 1.807) is 0 Å². The molecular formula is C26H16Br2O2. The second kappa shape index (κ2) is 6.47. The maximum Gasteiger partial charge on any atom is 0.296 e. The Morgan fingerprint density at radius 3 is 1.50 bits per heavy atom. The third kappa shape index (κ3) is 2.24. The van der Waals surface area contributed by atoms with Crippen LogP contribution in [0.2, 0.25) is 0 Å². The summed E-state index contributed by atoms with van der Waals surface area (Å²) in [7, 11) is 0. The molecule has 0 radical (unpaired) electrons. The highest BCUT2D eigenvalue weighted by Crippen LogP contribution is 2.67. The molecule has 4 heteroatoms. The first-order valence-electron chi connectivity index (χ1n) is 9.74. The average Bonchev–Trinajstić information content (AvgIpc) is 3.21. The van der Waals surface area contributed by atoms with Crippen molar-refractivity contribution in [1.29, 1.82) is 0 Å². The van der Waals surface area contributed by atoms with E-state index in [0.29, 0.717) is 0 Å². The fourth-order valence-electron chi connectivity index (χ4n) is 4.95. The molecule has 0 saturated heterocycles. The van der Waals surface area contributed by atoms with E-state index in [-0.39, 0.29) is 0 Å². The van der Waals surface area contributed by atoms with Crippen molar-refractivity contribution >= 4 is 31.9 Å². The van der Waals surface area contributed by atoms with Gasteiger partial charge < -0.3 is 9.47 Å². The molecule has 0 bridgehead atoms. The van der Waals surface area contributed by atoms with Gasteiger partial charge in [-0.1, -0.05) is 105 Å². The molecule has 2 aliphatic heterocycles. The van der Waals surface area contributed by atoms with Gasteiger partial charge in [-0.25, -0.2) is 0 Å². The molecule has 6 rings (SSSR count). The topological polar surface area (TPSA) is 18.5 Å². The predicted molar refractivity (Wildman–Crippen MR) is 124 cm³/mol.